The van der Waals surface area contributed by atoms with Crippen molar-refractivity contribution in [3.8, 4) is 16.3 Å². The van der Waals surface area contributed by atoms with Crippen molar-refractivity contribution in [2.24, 2.45) is 25.4 Å². The summed E-state index contributed by atoms with van der Waals surface area (Å²) in [4.78, 5) is 57.5. The van der Waals surface area contributed by atoms with Crippen LogP contribution in [0.15, 0.2) is 63.7 Å². The number of rotatable bonds is 3. The molecule has 1 saturated heterocycles. The number of aryl methyl sites for hydroxylation is 2. The summed E-state index contributed by atoms with van der Waals surface area (Å²) < 4.78 is 21.0. The number of amides is 2. The van der Waals surface area contributed by atoms with Gasteiger partial charge < -0.3 is 5.11 Å². The minimum atomic E-state index is -1.47. The largest absolute Gasteiger partial charge is 0.505 e. The van der Waals surface area contributed by atoms with Gasteiger partial charge in [0.1, 0.15) is 11.5 Å². The van der Waals surface area contributed by atoms with Gasteiger partial charge in [0, 0.05) is 41.4 Å². The SMILES string of the molecule is Cc1c(-c2cc(N3C(=O)C4CC5C(=CCn6c(=O)n(C)c(=O)n65)C(c5cccc(F)c5O)C4(C)C3=O)n(C)n2)sc2ccc(Cl)cc12. The maximum absolute atomic E-state index is 14.9. The molecule has 3 aliphatic rings. The van der Waals surface area contributed by atoms with E-state index < -0.39 is 58.1 Å². The van der Waals surface area contributed by atoms with Crippen LogP contribution in [0.5, 0.6) is 5.75 Å². The van der Waals surface area contributed by atoms with E-state index in [1.165, 1.54) is 44.6 Å². The first kappa shape index (κ1) is 29.6. The number of carbonyl (C=O) groups is 2. The maximum Gasteiger partial charge on any atom is 0.347 e. The standard InChI is InChI=1S/C33H28ClFN6O5S/c1-15-19-12-16(34)8-9-24(19)47-28(15)22-14-25(38(4)36-22)40-29(43)20-13-23-17(10-11-39-31(45)37(3)32(46)41(23)39)26(33(20,2)30(40)44)18-6-5-7-21(35)27(18)42/h5-10,12,14,20,23,26,42H,11,13H2,1-4H3. The van der Waals surface area contributed by atoms with Crippen LogP contribution >= 0.6 is 22.9 Å². The van der Waals surface area contributed by atoms with Crippen LogP contribution in [0.3, 0.4) is 0 Å². The van der Waals surface area contributed by atoms with E-state index in [1.807, 2.05) is 25.1 Å². The number of hydrogen-bond donors (Lipinski definition) is 1. The number of allylic oxidation sites excluding steroid dienone is 2. The van der Waals surface area contributed by atoms with Gasteiger partial charge in [-0.2, -0.15) is 5.10 Å². The molecular formula is C33H28ClFN6O5S. The second-order valence-corrected chi connectivity index (χ2v) is 14.1. The predicted octanol–water partition coefficient (Wildman–Crippen LogP) is 4.63. The van der Waals surface area contributed by atoms with Crippen molar-refractivity contribution >= 4 is 50.7 Å². The fourth-order valence-electron chi connectivity index (χ4n) is 7.93. The number of carbonyl (C=O) groups excluding carboxylic acids is 2. The monoisotopic (exact) mass is 674 g/mol. The molecule has 5 heterocycles. The number of aromatic hydroxyl groups is 1. The Morgan fingerprint density at radius 1 is 1.09 bits per heavy atom. The third kappa shape index (κ3) is 3.80. The number of phenolic OH excluding ortho intramolecular Hbond substituents is 1. The highest BCUT2D eigenvalue weighted by molar-refractivity contribution is 7.22. The van der Waals surface area contributed by atoms with Crippen LogP contribution in [0.1, 0.15) is 36.4 Å². The van der Waals surface area contributed by atoms with Crippen LogP contribution in [0.25, 0.3) is 20.7 Å². The number of fused-ring (bicyclic) bond motifs is 5. The number of halogens is 2. The van der Waals surface area contributed by atoms with Gasteiger partial charge in [-0.15, -0.1) is 11.3 Å². The lowest BCUT2D eigenvalue weighted by atomic mass is 9.56. The van der Waals surface area contributed by atoms with Gasteiger partial charge in [0.25, 0.3) is 0 Å². The summed E-state index contributed by atoms with van der Waals surface area (Å²) in [6.07, 6.45) is 1.79. The average molecular weight is 675 g/mol. The van der Waals surface area contributed by atoms with E-state index in [2.05, 4.69) is 0 Å². The molecule has 3 aromatic heterocycles. The van der Waals surface area contributed by atoms with Gasteiger partial charge in [-0.3, -0.25) is 14.3 Å². The second kappa shape index (κ2) is 9.88. The van der Waals surface area contributed by atoms with Gasteiger partial charge in [0.2, 0.25) is 11.8 Å². The molecule has 14 heteroatoms. The summed E-state index contributed by atoms with van der Waals surface area (Å²) in [6.45, 7) is 3.67. The van der Waals surface area contributed by atoms with Crippen molar-refractivity contribution in [3.63, 3.8) is 0 Å². The van der Waals surface area contributed by atoms with Gasteiger partial charge in [0.05, 0.1) is 28.8 Å². The first-order valence-electron chi connectivity index (χ1n) is 15.0. The molecule has 0 bridgehead atoms. The fraction of sp³-hybridized carbons (Fsp3) is 0.303. The molecule has 1 N–H and O–H groups in total. The summed E-state index contributed by atoms with van der Waals surface area (Å²) in [5.74, 6) is -4.25. The lowest BCUT2D eigenvalue weighted by Gasteiger charge is -2.47. The Labute approximate surface area is 275 Å². The Kier molecular flexibility index (Phi) is 6.23. The Balaban J connectivity index is 1.29. The van der Waals surface area contributed by atoms with Crippen molar-refractivity contribution in [2.75, 3.05) is 4.90 Å². The van der Waals surface area contributed by atoms with E-state index >= 15 is 0 Å². The topological polar surface area (TPSA) is 124 Å². The van der Waals surface area contributed by atoms with Crippen molar-refractivity contribution in [2.45, 2.75) is 38.8 Å². The summed E-state index contributed by atoms with van der Waals surface area (Å²) in [5, 5.41) is 17.3. The summed E-state index contributed by atoms with van der Waals surface area (Å²) in [5.41, 5.74) is -0.323. The van der Waals surface area contributed by atoms with E-state index in [-0.39, 0.29) is 24.3 Å². The number of aromatic nitrogens is 5. The fourth-order valence-corrected chi connectivity index (χ4v) is 9.25. The number of thiophene rings is 1. The molecule has 0 spiro atoms. The van der Waals surface area contributed by atoms with Crippen molar-refractivity contribution < 1.29 is 19.1 Å². The smallest absolute Gasteiger partial charge is 0.347 e. The van der Waals surface area contributed by atoms with Crippen molar-refractivity contribution in [1.82, 2.24) is 23.7 Å². The van der Waals surface area contributed by atoms with Crippen molar-refractivity contribution in [1.29, 1.82) is 0 Å². The third-order valence-electron chi connectivity index (χ3n) is 10.3. The third-order valence-corrected chi connectivity index (χ3v) is 11.8. The van der Waals surface area contributed by atoms with Gasteiger partial charge in [-0.05, 0) is 61.1 Å². The maximum atomic E-state index is 14.9. The van der Waals surface area contributed by atoms with E-state index in [9.17, 15) is 28.7 Å². The van der Waals surface area contributed by atoms with E-state index in [4.69, 9.17) is 16.7 Å². The zero-order valence-corrected chi connectivity index (χ0v) is 27.3. The average Bonchev–Trinajstić information content (AvgIpc) is 3.70. The molecule has 2 aromatic carbocycles. The molecule has 1 aliphatic carbocycles. The molecule has 5 aromatic rings. The number of benzene rings is 2. The molecule has 4 atom stereocenters. The Morgan fingerprint density at radius 2 is 1.85 bits per heavy atom. The van der Waals surface area contributed by atoms with E-state index in [0.29, 0.717) is 16.3 Å². The van der Waals surface area contributed by atoms with Crippen LogP contribution < -0.4 is 16.3 Å². The number of para-hydroxylation sites is 1. The van der Waals surface area contributed by atoms with Crippen LogP contribution in [0.4, 0.5) is 10.2 Å². The highest BCUT2D eigenvalue weighted by Crippen LogP contribution is 2.62. The molecule has 11 nitrogen and oxygen atoms in total. The van der Waals surface area contributed by atoms with Crippen LogP contribution in [-0.4, -0.2) is 40.6 Å². The molecule has 2 amide bonds. The molecule has 47 heavy (non-hydrogen) atoms. The van der Waals surface area contributed by atoms with Gasteiger partial charge >= 0.3 is 11.4 Å². The molecule has 1 saturated carbocycles. The van der Waals surface area contributed by atoms with Gasteiger partial charge in [-0.25, -0.2) is 32.8 Å². The normalized spacial score (nSPS) is 23.7. The van der Waals surface area contributed by atoms with Crippen LogP contribution in [-0.2, 0) is 30.2 Å². The van der Waals surface area contributed by atoms with Crippen LogP contribution in [0.2, 0.25) is 5.02 Å². The summed E-state index contributed by atoms with van der Waals surface area (Å²) >= 11 is 7.79. The summed E-state index contributed by atoms with van der Waals surface area (Å²) in [6, 6.07) is 10.6. The first-order chi connectivity index (χ1) is 22.3. The Bertz CT molecular complexity index is 2380. The number of hydrogen-bond acceptors (Lipinski definition) is 7. The molecule has 8 rings (SSSR count). The predicted molar refractivity (Wildman–Crippen MR) is 174 cm³/mol. The highest BCUT2D eigenvalue weighted by atomic mass is 35.5. The number of phenols is 1. The number of nitrogens with zero attached hydrogens (tertiary/aromatic N) is 6. The molecule has 240 valence electrons. The van der Waals surface area contributed by atoms with E-state index in [1.54, 1.807) is 26.1 Å². The highest BCUT2D eigenvalue weighted by Gasteiger charge is 2.66. The summed E-state index contributed by atoms with van der Waals surface area (Å²) in [7, 11) is 3.04. The minimum Gasteiger partial charge on any atom is -0.505 e. The molecule has 0 radical (unpaired) electrons. The molecule has 2 fully saturated rings. The first-order valence-corrected chi connectivity index (χ1v) is 16.2. The lowest BCUT2D eigenvalue weighted by molar-refractivity contribution is -0.129. The van der Waals surface area contributed by atoms with Crippen LogP contribution in [0, 0.1) is 24.1 Å². The number of imide groups is 1. The van der Waals surface area contributed by atoms with Gasteiger partial charge in [-0.1, -0.05) is 29.8 Å². The quantitative estimate of drug-likeness (QED) is 0.220. The molecule has 2 aliphatic heterocycles. The minimum absolute atomic E-state index is 0.0325. The van der Waals surface area contributed by atoms with Crippen molar-refractivity contribution in [3.05, 3.63) is 97.0 Å². The van der Waals surface area contributed by atoms with E-state index in [0.717, 1.165) is 36.1 Å². The second-order valence-electron chi connectivity index (χ2n) is 12.6. The zero-order valence-electron chi connectivity index (χ0n) is 25.7. The molecular weight excluding hydrogens is 647 g/mol. The molecule has 4 unspecified atom stereocenters. The number of anilines is 1. The lowest BCUT2D eigenvalue weighted by Crippen LogP contribution is -2.49. The Morgan fingerprint density at radius 3 is 2.62 bits per heavy atom. The zero-order chi connectivity index (χ0) is 33.3. The Hall–Kier alpha value is -4.75. The van der Waals surface area contributed by atoms with Gasteiger partial charge in [0.15, 0.2) is 11.6 Å².